The molecule has 0 saturated carbocycles. The van der Waals surface area contributed by atoms with Crippen molar-refractivity contribution in [1.82, 2.24) is 9.80 Å². The molecule has 0 atom stereocenters. The van der Waals surface area contributed by atoms with Gasteiger partial charge in [0.05, 0.1) is 11.4 Å². The fourth-order valence-corrected chi connectivity index (χ4v) is 3.83. The second-order valence-corrected chi connectivity index (χ2v) is 6.62. The Morgan fingerprint density at radius 2 is 1.95 bits per heavy atom. The van der Waals surface area contributed by atoms with E-state index in [9.17, 15) is 9.59 Å². The number of carbonyl (C=O) groups excluding carboxylic acids is 2. The summed E-state index contributed by atoms with van der Waals surface area (Å²) >= 11 is 1.54. The molecule has 22 heavy (non-hydrogen) atoms. The largest absolute Gasteiger partial charge is 0.369 e. The number of nitrogens with two attached hydrogens (primary N) is 1. The summed E-state index contributed by atoms with van der Waals surface area (Å²) in [6.45, 7) is 3.13. The zero-order valence-electron chi connectivity index (χ0n) is 12.3. The van der Waals surface area contributed by atoms with E-state index in [1.54, 1.807) is 0 Å². The van der Waals surface area contributed by atoms with Gasteiger partial charge >= 0.3 is 0 Å². The minimum atomic E-state index is -0.315. The van der Waals surface area contributed by atoms with Crippen LogP contribution in [-0.2, 0) is 4.79 Å². The van der Waals surface area contributed by atoms with E-state index in [0.717, 1.165) is 34.5 Å². The summed E-state index contributed by atoms with van der Waals surface area (Å²) in [5.41, 5.74) is 5.24. The van der Waals surface area contributed by atoms with Crippen molar-refractivity contribution in [1.29, 1.82) is 0 Å². The molecule has 1 fully saturated rings. The summed E-state index contributed by atoms with van der Waals surface area (Å²) in [6, 6.07) is 10.00. The maximum Gasteiger partial charge on any atom is 0.264 e. The molecular weight excluding hydrogens is 298 g/mol. The zero-order valence-corrected chi connectivity index (χ0v) is 13.1. The number of fused-ring (bicyclic) bond motifs is 1. The normalized spacial score (nSPS) is 16.6. The Labute approximate surface area is 133 Å². The highest BCUT2D eigenvalue weighted by atomic mass is 32.1. The number of benzene rings is 1. The average molecular weight is 317 g/mol. The number of rotatable bonds is 3. The predicted octanol–water partition coefficient (Wildman–Crippen LogP) is 1.53. The summed E-state index contributed by atoms with van der Waals surface area (Å²) < 4.78 is 1.14. The molecule has 1 aromatic carbocycles. The quantitative estimate of drug-likeness (QED) is 0.933. The van der Waals surface area contributed by atoms with Crippen molar-refractivity contribution < 1.29 is 9.59 Å². The van der Waals surface area contributed by atoms with Crippen LogP contribution >= 0.6 is 11.3 Å². The maximum absolute atomic E-state index is 12.7. The molecule has 0 radical (unpaired) electrons. The summed E-state index contributed by atoms with van der Waals surface area (Å²) in [7, 11) is 0. The van der Waals surface area contributed by atoms with Crippen LogP contribution in [0.15, 0.2) is 30.3 Å². The van der Waals surface area contributed by atoms with Crippen molar-refractivity contribution in [3.63, 3.8) is 0 Å². The third-order valence-electron chi connectivity index (χ3n) is 3.89. The molecule has 2 amide bonds. The molecule has 0 bridgehead atoms. The van der Waals surface area contributed by atoms with Crippen LogP contribution in [0.4, 0.5) is 0 Å². The third kappa shape index (κ3) is 3.28. The lowest BCUT2D eigenvalue weighted by molar-refractivity contribution is -0.119. The first-order valence-corrected chi connectivity index (χ1v) is 8.23. The molecule has 2 N–H and O–H groups in total. The van der Waals surface area contributed by atoms with Gasteiger partial charge in [-0.2, -0.15) is 0 Å². The van der Waals surface area contributed by atoms with Crippen LogP contribution in [0.1, 0.15) is 16.1 Å². The number of nitrogens with zero attached hydrogens (tertiary/aromatic N) is 2. The Hall–Kier alpha value is -1.92. The number of amides is 2. The van der Waals surface area contributed by atoms with Crippen molar-refractivity contribution in [2.75, 3.05) is 32.7 Å². The summed E-state index contributed by atoms with van der Waals surface area (Å²) in [4.78, 5) is 28.4. The molecule has 3 rings (SSSR count). The minimum Gasteiger partial charge on any atom is -0.369 e. The standard InChI is InChI=1S/C16H19N3O2S/c17-15(20)11-18-6-3-7-19(9-8-18)16(21)14-10-12-4-1-2-5-13(12)22-14/h1-2,4-5,10H,3,6-9,11H2,(H2,17,20). The molecule has 1 aliphatic rings. The fourth-order valence-electron chi connectivity index (χ4n) is 2.80. The van der Waals surface area contributed by atoms with Crippen LogP contribution in [-0.4, -0.2) is 54.3 Å². The van der Waals surface area contributed by atoms with Gasteiger partial charge in [-0.15, -0.1) is 11.3 Å². The van der Waals surface area contributed by atoms with Gasteiger partial charge in [0.2, 0.25) is 5.91 Å². The minimum absolute atomic E-state index is 0.0853. The summed E-state index contributed by atoms with van der Waals surface area (Å²) in [5, 5.41) is 1.11. The molecule has 0 spiro atoms. The number of carbonyl (C=O) groups is 2. The number of hydrogen-bond donors (Lipinski definition) is 1. The molecular formula is C16H19N3O2S. The van der Waals surface area contributed by atoms with Crippen LogP contribution in [0.25, 0.3) is 10.1 Å². The Morgan fingerprint density at radius 3 is 2.73 bits per heavy atom. The van der Waals surface area contributed by atoms with Gasteiger partial charge in [-0.3, -0.25) is 14.5 Å². The highest BCUT2D eigenvalue weighted by Gasteiger charge is 2.22. The van der Waals surface area contributed by atoms with Crippen molar-refractivity contribution in [3.8, 4) is 0 Å². The van der Waals surface area contributed by atoms with Crippen LogP contribution < -0.4 is 5.73 Å². The van der Waals surface area contributed by atoms with E-state index in [1.165, 1.54) is 11.3 Å². The molecule has 6 heteroatoms. The lowest BCUT2D eigenvalue weighted by atomic mass is 10.2. The van der Waals surface area contributed by atoms with Gasteiger partial charge in [-0.05, 0) is 23.9 Å². The molecule has 116 valence electrons. The smallest absolute Gasteiger partial charge is 0.264 e. The van der Waals surface area contributed by atoms with Crippen molar-refractivity contribution >= 4 is 33.2 Å². The average Bonchev–Trinajstić information content (AvgIpc) is 2.80. The number of primary amides is 1. The highest BCUT2D eigenvalue weighted by Crippen LogP contribution is 2.26. The van der Waals surface area contributed by atoms with Gasteiger partial charge in [0, 0.05) is 30.9 Å². The second kappa shape index (κ2) is 6.46. The number of thiophene rings is 1. The molecule has 1 aromatic heterocycles. The maximum atomic E-state index is 12.7. The molecule has 1 aliphatic heterocycles. The molecule has 1 saturated heterocycles. The van der Waals surface area contributed by atoms with E-state index in [4.69, 9.17) is 5.73 Å². The van der Waals surface area contributed by atoms with E-state index in [-0.39, 0.29) is 18.4 Å². The van der Waals surface area contributed by atoms with Crippen LogP contribution in [0, 0.1) is 0 Å². The first-order chi connectivity index (χ1) is 10.6. The molecule has 2 heterocycles. The first kappa shape index (κ1) is 15.0. The van der Waals surface area contributed by atoms with Crippen molar-refractivity contribution in [3.05, 3.63) is 35.2 Å². The van der Waals surface area contributed by atoms with Crippen molar-refractivity contribution in [2.24, 2.45) is 5.73 Å². The van der Waals surface area contributed by atoms with E-state index in [2.05, 4.69) is 0 Å². The van der Waals surface area contributed by atoms with E-state index < -0.39 is 0 Å². The van der Waals surface area contributed by atoms with E-state index in [0.29, 0.717) is 13.1 Å². The first-order valence-electron chi connectivity index (χ1n) is 7.42. The summed E-state index contributed by atoms with van der Waals surface area (Å²) in [6.07, 6.45) is 0.865. The monoisotopic (exact) mass is 317 g/mol. The van der Waals surface area contributed by atoms with Gasteiger partial charge < -0.3 is 10.6 Å². The predicted molar refractivity (Wildman–Crippen MR) is 88.0 cm³/mol. The second-order valence-electron chi connectivity index (χ2n) is 5.54. The molecule has 2 aromatic rings. The van der Waals surface area contributed by atoms with Crippen LogP contribution in [0.3, 0.4) is 0 Å². The lowest BCUT2D eigenvalue weighted by Crippen LogP contribution is -2.38. The molecule has 5 nitrogen and oxygen atoms in total. The Balaban J connectivity index is 1.70. The third-order valence-corrected chi connectivity index (χ3v) is 5.00. The van der Waals surface area contributed by atoms with Crippen molar-refractivity contribution in [2.45, 2.75) is 6.42 Å². The van der Waals surface area contributed by atoms with Crippen LogP contribution in [0.2, 0.25) is 0 Å². The van der Waals surface area contributed by atoms with Gasteiger partial charge in [0.25, 0.3) is 5.91 Å². The molecule has 0 aliphatic carbocycles. The van der Waals surface area contributed by atoms with Gasteiger partial charge in [-0.25, -0.2) is 0 Å². The summed E-state index contributed by atoms with van der Waals surface area (Å²) in [5.74, 6) is -0.230. The highest BCUT2D eigenvalue weighted by molar-refractivity contribution is 7.20. The van der Waals surface area contributed by atoms with Gasteiger partial charge in [-0.1, -0.05) is 18.2 Å². The van der Waals surface area contributed by atoms with E-state index >= 15 is 0 Å². The van der Waals surface area contributed by atoms with Gasteiger partial charge in [0.15, 0.2) is 0 Å². The SMILES string of the molecule is NC(=O)CN1CCCN(C(=O)c2cc3ccccc3s2)CC1. The van der Waals surface area contributed by atoms with Crippen LogP contribution in [0.5, 0.6) is 0 Å². The molecule has 0 unspecified atom stereocenters. The number of hydrogen-bond acceptors (Lipinski definition) is 4. The fraction of sp³-hybridized carbons (Fsp3) is 0.375. The Morgan fingerprint density at radius 1 is 1.14 bits per heavy atom. The Kier molecular flexibility index (Phi) is 4.40. The zero-order chi connectivity index (χ0) is 15.5. The lowest BCUT2D eigenvalue weighted by Gasteiger charge is -2.20. The topological polar surface area (TPSA) is 66.6 Å². The Bertz CT molecular complexity index is 665. The van der Waals surface area contributed by atoms with Gasteiger partial charge in [0.1, 0.15) is 0 Å². The van der Waals surface area contributed by atoms with E-state index in [1.807, 2.05) is 40.1 Å².